The highest BCUT2D eigenvalue weighted by atomic mass is 16.5. The summed E-state index contributed by atoms with van der Waals surface area (Å²) in [5.41, 5.74) is 0.864. The molecule has 2 aliphatic rings. The van der Waals surface area contributed by atoms with Crippen molar-refractivity contribution in [3.05, 3.63) is 12.2 Å². The number of hydrogen-bond acceptors (Lipinski definition) is 2. The molecule has 0 aromatic rings. The van der Waals surface area contributed by atoms with E-state index in [9.17, 15) is 4.79 Å². The van der Waals surface area contributed by atoms with Crippen LogP contribution in [0.3, 0.4) is 0 Å². The van der Waals surface area contributed by atoms with Gasteiger partial charge in [0.05, 0.1) is 12.5 Å². The number of esters is 1. The van der Waals surface area contributed by atoms with Crippen LogP contribution < -0.4 is 0 Å². The lowest BCUT2D eigenvalue weighted by Crippen LogP contribution is -2.34. The second-order valence-corrected chi connectivity index (χ2v) is 5.21. The third-order valence-corrected chi connectivity index (χ3v) is 4.47. The molecule has 2 saturated carbocycles. The normalized spacial score (nSPS) is 38.8. The lowest BCUT2D eigenvalue weighted by Gasteiger charge is -2.36. The smallest absolute Gasteiger partial charge is 0.315 e. The first-order valence-corrected chi connectivity index (χ1v) is 5.23. The second-order valence-electron chi connectivity index (χ2n) is 5.21. The summed E-state index contributed by atoms with van der Waals surface area (Å²) >= 11 is 0. The third kappa shape index (κ3) is 0.891. The molecule has 0 spiro atoms. The molecule has 0 heterocycles. The van der Waals surface area contributed by atoms with Crippen LogP contribution in [0, 0.1) is 16.7 Å². The molecule has 2 aliphatic carbocycles. The van der Waals surface area contributed by atoms with Gasteiger partial charge in [0.15, 0.2) is 0 Å². The highest BCUT2D eigenvalue weighted by molar-refractivity contribution is 5.82. The van der Waals surface area contributed by atoms with Gasteiger partial charge < -0.3 is 4.74 Å². The van der Waals surface area contributed by atoms with Crippen LogP contribution in [-0.2, 0) is 9.53 Å². The predicted octanol–water partition coefficient (Wildman–Crippen LogP) is 2.54. The number of carbonyl (C=O) groups excluding carboxylic acids is 1. The molecule has 0 saturated heterocycles. The summed E-state index contributed by atoms with van der Waals surface area (Å²) < 4.78 is 4.92. The van der Waals surface area contributed by atoms with Gasteiger partial charge in [-0.3, -0.25) is 4.79 Å². The van der Waals surface area contributed by atoms with Gasteiger partial charge in [-0.2, -0.15) is 0 Å². The Kier molecular flexibility index (Phi) is 1.82. The lowest BCUT2D eigenvalue weighted by atomic mass is 9.68. The minimum atomic E-state index is -0.344. The average Bonchev–Trinajstić information content (AvgIpc) is 2.66. The molecule has 2 fully saturated rings. The van der Waals surface area contributed by atoms with Crippen LogP contribution in [0.1, 0.15) is 33.1 Å². The van der Waals surface area contributed by atoms with E-state index in [0.29, 0.717) is 5.92 Å². The van der Waals surface area contributed by atoms with Crippen molar-refractivity contribution < 1.29 is 9.53 Å². The van der Waals surface area contributed by atoms with Gasteiger partial charge in [-0.15, -0.1) is 0 Å². The van der Waals surface area contributed by atoms with E-state index in [0.717, 1.165) is 24.8 Å². The van der Waals surface area contributed by atoms with E-state index >= 15 is 0 Å². The summed E-state index contributed by atoms with van der Waals surface area (Å²) in [6.07, 6.45) is 3.03. The summed E-state index contributed by atoms with van der Waals surface area (Å²) in [6.45, 7) is 8.53. The molecule has 2 rings (SSSR count). The zero-order valence-corrected chi connectivity index (χ0v) is 9.22. The van der Waals surface area contributed by atoms with E-state index < -0.39 is 0 Å². The zero-order valence-electron chi connectivity index (χ0n) is 9.22. The molecule has 2 heteroatoms. The molecule has 2 nitrogen and oxygen atoms in total. The standard InChI is InChI=1S/C12H18O2/c1-8-11(2,3)9-5-6-12(8,7-9)10(13)14-4/h9H,1,5-7H2,2-4H3/t9?,12-/m0/s1. The first-order chi connectivity index (χ1) is 6.45. The van der Waals surface area contributed by atoms with Crippen molar-refractivity contribution in [3.63, 3.8) is 0 Å². The number of hydrogen-bond donors (Lipinski definition) is 0. The Bertz CT molecular complexity index is 303. The minimum Gasteiger partial charge on any atom is -0.468 e. The van der Waals surface area contributed by atoms with Gasteiger partial charge in [0.1, 0.15) is 0 Å². The van der Waals surface area contributed by atoms with Crippen LogP contribution in [-0.4, -0.2) is 13.1 Å². The van der Waals surface area contributed by atoms with Crippen LogP contribution in [0.15, 0.2) is 12.2 Å². The van der Waals surface area contributed by atoms with Crippen molar-refractivity contribution in [2.24, 2.45) is 16.7 Å². The van der Waals surface area contributed by atoms with Crippen molar-refractivity contribution in [3.8, 4) is 0 Å². The van der Waals surface area contributed by atoms with E-state index in [4.69, 9.17) is 4.74 Å². The molecule has 0 aromatic heterocycles. The summed E-state index contributed by atoms with van der Waals surface area (Å²) in [5, 5.41) is 0. The Morgan fingerprint density at radius 2 is 2.21 bits per heavy atom. The molecule has 2 atom stereocenters. The Labute approximate surface area is 85.3 Å². The van der Waals surface area contributed by atoms with Crippen LogP contribution in [0.4, 0.5) is 0 Å². The first kappa shape index (κ1) is 9.75. The van der Waals surface area contributed by atoms with E-state index in [-0.39, 0.29) is 16.8 Å². The van der Waals surface area contributed by atoms with E-state index in [1.54, 1.807) is 0 Å². The first-order valence-electron chi connectivity index (χ1n) is 5.23. The quantitative estimate of drug-likeness (QED) is 0.473. The van der Waals surface area contributed by atoms with Crippen LogP contribution >= 0.6 is 0 Å². The summed E-state index contributed by atoms with van der Waals surface area (Å²) in [5.74, 6) is 0.546. The second kappa shape index (κ2) is 2.62. The van der Waals surface area contributed by atoms with E-state index in [1.807, 2.05) is 0 Å². The molecule has 0 amide bonds. The Morgan fingerprint density at radius 3 is 2.64 bits per heavy atom. The third-order valence-electron chi connectivity index (χ3n) is 4.47. The molecule has 0 aromatic carbocycles. The van der Waals surface area contributed by atoms with Crippen molar-refractivity contribution >= 4 is 5.97 Å². The van der Waals surface area contributed by atoms with Gasteiger partial charge in [0.2, 0.25) is 0 Å². The fourth-order valence-corrected chi connectivity index (χ4v) is 3.30. The molecule has 1 unspecified atom stereocenters. The number of methoxy groups -OCH3 is 1. The van der Waals surface area contributed by atoms with Gasteiger partial charge in [-0.25, -0.2) is 0 Å². The molecule has 0 radical (unpaired) electrons. The molecule has 2 bridgehead atoms. The maximum absolute atomic E-state index is 11.8. The molecule has 14 heavy (non-hydrogen) atoms. The highest BCUT2D eigenvalue weighted by Gasteiger charge is 2.61. The van der Waals surface area contributed by atoms with Crippen molar-refractivity contribution in [2.45, 2.75) is 33.1 Å². The maximum atomic E-state index is 11.8. The average molecular weight is 194 g/mol. The highest BCUT2D eigenvalue weighted by Crippen LogP contribution is 2.65. The fraction of sp³-hybridized carbons (Fsp3) is 0.750. The maximum Gasteiger partial charge on any atom is 0.315 e. The number of rotatable bonds is 1. The minimum absolute atomic E-state index is 0.0735. The summed E-state index contributed by atoms with van der Waals surface area (Å²) in [4.78, 5) is 11.8. The van der Waals surface area contributed by atoms with Gasteiger partial charge in [0, 0.05) is 0 Å². The molecule has 0 N–H and O–H groups in total. The number of ether oxygens (including phenoxy) is 1. The monoisotopic (exact) mass is 194 g/mol. The molecule has 0 aliphatic heterocycles. The Balaban J connectivity index is 2.40. The van der Waals surface area contributed by atoms with Crippen molar-refractivity contribution in [2.75, 3.05) is 7.11 Å². The fourth-order valence-electron chi connectivity index (χ4n) is 3.30. The SMILES string of the molecule is C=C1C(C)(C)C2CC[C@]1(C(=O)OC)C2. The summed E-state index contributed by atoms with van der Waals surface area (Å²) in [7, 11) is 1.48. The Hall–Kier alpha value is -0.790. The van der Waals surface area contributed by atoms with Crippen molar-refractivity contribution in [1.82, 2.24) is 0 Å². The van der Waals surface area contributed by atoms with Crippen LogP contribution in [0.2, 0.25) is 0 Å². The van der Waals surface area contributed by atoms with Gasteiger partial charge in [-0.1, -0.05) is 26.0 Å². The number of carbonyl (C=O) groups is 1. The van der Waals surface area contributed by atoms with E-state index in [2.05, 4.69) is 20.4 Å². The largest absolute Gasteiger partial charge is 0.468 e. The summed E-state index contributed by atoms with van der Waals surface area (Å²) in [6, 6.07) is 0. The Morgan fingerprint density at radius 1 is 1.57 bits per heavy atom. The lowest BCUT2D eigenvalue weighted by molar-refractivity contribution is -0.150. The molecule has 78 valence electrons. The van der Waals surface area contributed by atoms with Gasteiger partial charge in [0.25, 0.3) is 0 Å². The molecular weight excluding hydrogens is 176 g/mol. The zero-order chi connectivity index (χ0) is 10.6. The van der Waals surface area contributed by atoms with E-state index in [1.165, 1.54) is 7.11 Å². The number of fused-ring (bicyclic) bond motifs is 2. The van der Waals surface area contributed by atoms with Crippen LogP contribution in [0.25, 0.3) is 0 Å². The predicted molar refractivity (Wildman–Crippen MR) is 54.7 cm³/mol. The van der Waals surface area contributed by atoms with Crippen molar-refractivity contribution in [1.29, 1.82) is 0 Å². The van der Waals surface area contributed by atoms with Crippen LogP contribution in [0.5, 0.6) is 0 Å². The topological polar surface area (TPSA) is 26.3 Å². The molecular formula is C12H18O2. The van der Waals surface area contributed by atoms with Gasteiger partial charge >= 0.3 is 5.97 Å². The van der Waals surface area contributed by atoms with Gasteiger partial charge in [-0.05, 0) is 30.6 Å².